The van der Waals surface area contributed by atoms with Gasteiger partial charge in [0.1, 0.15) is 5.84 Å². The van der Waals surface area contributed by atoms with Gasteiger partial charge in [-0.2, -0.15) is 4.98 Å². The van der Waals surface area contributed by atoms with Crippen molar-refractivity contribution in [2.75, 3.05) is 23.3 Å². The highest BCUT2D eigenvalue weighted by atomic mass is 16.2. The van der Waals surface area contributed by atoms with Crippen LogP contribution in [0, 0.1) is 11.8 Å². The maximum atomic E-state index is 13.7. The van der Waals surface area contributed by atoms with Gasteiger partial charge in [0.2, 0.25) is 5.95 Å². The van der Waals surface area contributed by atoms with Crippen molar-refractivity contribution in [3.05, 3.63) is 50.7 Å². The molecule has 1 saturated heterocycles. The molecule has 0 amide bonds. The number of fused-ring (bicyclic) bond motifs is 2. The minimum absolute atomic E-state index is 0.0398. The van der Waals surface area contributed by atoms with Gasteiger partial charge in [-0.1, -0.05) is 24.1 Å². The lowest BCUT2D eigenvalue weighted by atomic mass is 10.1. The first-order chi connectivity index (χ1) is 16.5. The topological polar surface area (TPSA) is 115 Å². The summed E-state index contributed by atoms with van der Waals surface area (Å²) in [7, 11) is 1.64. The molecule has 10 heteroatoms. The first-order valence-electron chi connectivity index (χ1n) is 11.5. The molecule has 1 atom stereocenters. The first kappa shape index (κ1) is 22.0. The van der Waals surface area contributed by atoms with Crippen LogP contribution in [0.1, 0.15) is 25.3 Å². The molecule has 0 spiro atoms. The van der Waals surface area contributed by atoms with Crippen LogP contribution in [-0.2, 0) is 26.7 Å². The average molecular weight is 461 g/mol. The van der Waals surface area contributed by atoms with Crippen LogP contribution in [0.3, 0.4) is 0 Å². The molecule has 1 fully saturated rings. The van der Waals surface area contributed by atoms with Crippen LogP contribution in [0.15, 0.2) is 38.8 Å². The highest BCUT2D eigenvalue weighted by Crippen LogP contribution is 2.23. The van der Waals surface area contributed by atoms with E-state index >= 15 is 0 Å². The van der Waals surface area contributed by atoms with E-state index in [1.165, 1.54) is 9.13 Å². The molecule has 34 heavy (non-hydrogen) atoms. The summed E-state index contributed by atoms with van der Waals surface area (Å²) in [4.78, 5) is 38.3. The summed E-state index contributed by atoms with van der Waals surface area (Å²) in [5, 5.41) is 3.25. The van der Waals surface area contributed by atoms with Gasteiger partial charge in [0, 0.05) is 31.9 Å². The molecule has 176 valence electrons. The molecule has 2 aliphatic rings. The lowest BCUT2D eigenvalue weighted by Crippen LogP contribution is -2.44. The zero-order chi connectivity index (χ0) is 23.8. The Morgan fingerprint density at radius 3 is 2.85 bits per heavy atom. The van der Waals surface area contributed by atoms with Crippen molar-refractivity contribution in [3.63, 3.8) is 0 Å². The third-order valence-electron chi connectivity index (χ3n) is 6.41. The van der Waals surface area contributed by atoms with Gasteiger partial charge in [0.25, 0.3) is 5.56 Å². The minimum atomic E-state index is -0.436. The van der Waals surface area contributed by atoms with Crippen molar-refractivity contribution in [3.8, 4) is 11.8 Å². The largest absolute Gasteiger partial charge is 0.342 e. The number of nitrogens with zero attached hydrogens (tertiary/aromatic N) is 6. The third-order valence-corrected chi connectivity index (χ3v) is 6.41. The van der Waals surface area contributed by atoms with E-state index < -0.39 is 11.2 Å². The monoisotopic (exact) mass is 460 g/mol. The fourth-order valence-electron chi connectivity index (χ4n) is 4.64. The Bertz CT molecular complexity index is 1470. The highest BCUT2D eigenvalue weighted by molar-refractivity contribution is 5.97. The van der Waals surface area contributed by atoms with Gasteiger partial charge in [-0.25, -0.2) is 4.79 Å². The number of benzene rings is 1. The number of aromatic nitrogens is 4. The predicted molar refractivity (Wildman–Crippen MR) is 133 cm³/mol. The second-order valence-electron chi connectivity index (χ2n) is 8.72. The van der Waals surface area contributed by atoms with Gasteiger partial charge in [-0.15, -0.1) is 5.92 Å². The lowest BCUT2D eigenvalue weighted by molar-refractivity contribution is 0.496. The van der Waals surface area contributed by atoms with Gasteiger partial charge < -0.3 is 16.0 Å². The quantitative estimate of drug-likeness (QED) is 0.559. The van der Waals surface area contributed by atoms with E-state index in [1.807, 2.05) is 28.8 Å². The summed E-state index contributed by atoms with van der Waals surface area (Å²) in [6.45, 7) is 4.04. The number of amidine groups is 1. The molecular weight excluding hydrogens is 432 g/mol. The molecule has 10 nitrogen and oxygen atoms in total. The van der Waals surface area contributed by atoms with Gasteiger partial charge in [0.05, 0.1) is 19.6 Å². The van der Waals surface area contributed by atoms with Crippen LogP contribution in [0.2, 0.25) is 0 Å². The van der Waals surface area contributed by atoms with Gasteiger partial charge in [-0.05, 0) is 31.4 Å². The average Bonchev–Trinajstić information content (AvgIpc) is 3.23. The summed E-state index contributed by atoms with van der Waals surface area (Å²) in [6, 6.07) is 7.90. The first-order valence-corrected chi connectivity index (χ1v) is 11.5. The maximum Gasteiger partial charge on any atom is 0.332 e. The highest BCUT2D eigenvalue weighted by Gasteiger charge is 2.26. The summed E-state index contributed by atoms with van der Waals surface area (Å²) in [6.07, 6.45) is 1.90. The Morgan fingerprint density at radius 1 is 1.24 bits per heavy atom. The van der Waals surface area contributed by atoms with Crippen molar-refractivity contribution in [2.45, 2.75) is 45.4 Å². The van der Waals surface area contributed by atoms with Crippen LogP contribution in [0.25, 0.3) is 11.2 Å². The number of rotatable bonds is 4. The third kappa shape index (κ3) is 3.78. The van der Waals surface area contributed by atoms with Crippen LogP contribution >= 0.6 is 0 Å². The fourth-order valence-corrected chi connectivity index (χ4v) is 4.64. The number of imidazole rings is 1. The second kappa shape index (κ2) is 8.83. The van der Waals surface area contributed by atoms with Crippen molar-refractivity contribution in [1.29, 1.82) is 0 Å². The van der Waals surface area contributed by atoms with E-state index in [0.717, 1.165) is 30.6 Å². The zero-order valence-electron chi connectivity index (χ0n) is 19.4. The zero-order valence-corrected chi connectivity index (χ0v) is 19.4. The molecule has 2 aliphatic heterocycles. The molecule has 1 unspecified atom stereocenters. The lowest BCUT2D eigenvalue weighted by Gasteiger charge is -2.31. The molecule has 3 aromatic rings. The molecule has 0 bridgehead atoms. The number of hydrogen-bond donors (Lipinski definition) is 2. The number of hydrogen-bond acceptors (Lipinski definition) is 7. The standard InChI is InChI=1S/C24H28N8O2/c1-3-4-12-31-20-21(28-23(31)30-11-7-9-17(25)14-30)29(2)24(34)32(22(20)33)15-19-26-13-16-8-5-6-10-18(16)27-19/h5-6,8,10,17H,7,9,11-15,25H2,1-2H3,(H,26,27). The SMILES string of the molecule is CC#CCn1c(N2CCCC(N)C2)nc2c1c(=O)n(CC1=NCc3ccccc3N1)c(=O)n2C. The number of anilines is 2. The van der Waals surface area contributed by atoms with Crippen LogP contribution in [-0.4, -0.2) is 43.7 Å². The van der Waals surface area contributed by atoms with Crippen molar-refractivity contribution < 1.29 is 0 Å². The summed E-state index contributed by atoms with van der Waals surface area (Å²) in [5.74, 6) is 7.14. The Labute approximate surface area is 196 Å². The molecule has 0 radical (unpaired) electrons. The molecule has 0 saturated carbocycles. The van der Waals surface area contributed by atoms with Gasteiger partial charge in [0.15, 0.2) is 11.2 Å². The predicted octanol–water partition coefficient (Wildman–Crippen LogP) is 0.872. The molecule has 1 aromatic carbocycles. The number of piperidine rings is 1. The van der Waals surface area contributed by atoms with E-state index in [-0.39, 0.29) is 12.6 Å². The van der Waals surface area contributed by atoms with Gasteiger partial charge in [-0.3, -0.25) is 23.5 Å². The number of nitrogens with one attached hydrogen (secondary N) is 1. The summed E-state index contributed by atoms with van der Waals surface area (Å²) < 4.78 is 4.45. The van der Waals surface area contributed by atoms with E-state index in [2.05, 4.69) is 27.0 Å². The number of para-hydroxylation sites is 1. The molecule has 0 aliphatic carbocycles. The summed E-state index contributed by atoms with van der Waals surface area (Å²) >= 11 is 0. The number of aryl methyl sites for hydroxylation is 1. The maximum absolute atomic E-state index is 13.7. The van der Waals surface area contributed by atoms with E-state index in [4.69, 9.17) is 10.7 Å². The second-order valence-corrected chi connectivity index (χ2v) is 8.72. The summed E-state index contributed by atoms with van der Waals surface area (Å²) in [5.41, 5.74) is 8.08. The van der Waals surface area contributed by atoms with Crippen LogP contribution < -0.4 is 27.2 Å². The Kier molecular flexibility index (Phi) is 5.71. The molecule has 5 rings (SSSR count). The number of aliphatic imine (C=N–C) groups is 1. The van der Waals surface area contributed by atoms with Crippen molar-refractivity contribution in [2.24, 2.45) is 17.8 Å². The van der Waals surface area contributed by atoms with E-state index in [0.29, 0.717) is 42.6 Å². The molecular formula is C24H28N8O2. The van der Waals surface area contributed by atoms with Gasteiger partial charge >= 0.3 is 5.69 Å². The molecule has 2 aromatic heterocycles. The Morgan fingerprint density at radius 2 is 2.06 bits per heavy atom. The fraction of sp³-hybridized carbons (Fsp3) is 0.417. The smallest absolute Gasteiger partial charge is 0.332 e. The Hall–Kier alpha value is -3.84. The van der Waals surface area contributed by atoms with Crippen molar-refractivity contribution >= 4 is 28.6 Å². The Balaban J connectivity index is 1.61. The molecule has 3 N–H and O–H groups in total. The van der Waals surface area contributed by atoms with E-state index in [9.17, 15) is 9.59 Å². The normalized spacial score (nSPS) is 17.6. The van der Waals surface area contributed by atoms with Crippen molar-refractivity contribution in [1.82, 2.24) is 18.7 Å². The minimum Gasteiger partial charge on any atom is -0.342 e. The van der Waals surface area contributed by atoms with Crippen LogP contribution in [0.4, 0.5) is 11.6 Å². The van der Waals surface area contributed by atoms with E-state index in [1.54, 1.807) is 14.0 Å². The number of nitrogens with two attached hydrogens (primary N) is 1. The van der Waals surface area contributed by atoms with Crippen LogP contribution in [0.5, 0.6) is 0 Å². The molecule has 4 heterocycles.